The topological polar surface area (TPSA) is 64.1 Å². The maximum Gasteiger partial charge on any atom is 0.255 e. The summed E-state index contributed by atoms with van der Waals surface area (Å²) in [6, 6.07) is 11.7. The third kappa shape index (κ3) is 3.60. The van der Waals surface area contributed by atoms with E-state index in [0.29, 0.717) is 17.9 Å². The molecule has 1 N–H and O–H groups in total. The average molecular weight is 339 g/mol. The number of hydrogen-bond donors (Lipinski definition) is 1. The molecule has 0 atom stereocenters. The van der Waals surface area contributed by atoms with E-state index in [0.717, 1.165) is 22.0 Å². The van der Waals surface area contributed by atoms with Crippen molar-refractivity contribution in [3.05, 3.63) is 64.2 Å². The van der Waals surface area contributed by atoms with Gasteiger partial charge in [0.15, 0.2) is 0 Å². The first-order valence-corrected chi connectivity index (χ1v) is 8.34. The second-order valence-electron chi connectivity index (χ2n) is 5.20. The van der Waals surface area contributed by atoms with E-state index in [-0.39, 0.29) is 5.91 Å². The van der Waals surface area contributed by atoms with Crippen LogP contribution >= 0.6 is 11.3 Å². The minimum absolute atomic E-state index is 0.200. The molecule has 0 aliphatic heterocycles. The van der Waals surface area contributed by atoms with Gasteiger partial charge in [-0.25, -0.2) is 4.98 Å². The summed E-state index contributed by atoms with van der Waals surface area (Å²) in [5.41, 5.74) is 3.23. The lowest BCUT2D eigenvalue weighted by molar-refractivity contribution is 0.0947. The van der Waals surface area contributed by atoms with E-state index < -0.39 is 0 Å². The van der Waals surface area contributed by atoms with Crippen LogP contribution in [0.15, 0.2) is 48.0 Å². The van der Waals surface area contributed by atoms with Crippen LogP contribution < -0.4 is 10.1 Å². The highest BCUT2D eigenvalue weighted by Gasteiger charge is 2.14. The summed E-state index contributed by atoms with van der Waals surface area (Å²) in [4.78, 5) is 21.1. The summed E-state index contributed by atoms with van der Waals surface area (Å²) < 4.78 is 5.20. The normalized spacial score (nSPS) is 10.4. The Morgan fingerprint density at radius 1 is 1.29 bits per heavy atom. The summed E-state index contributed by atoms with van der Waals surface area (Å²) in [6.07, 6.45) is 1.56. The Labute approximate surface area is 144 Å². The van der Waals surface area contributed by atoms with Gasteiger partial charge in [0.25, 0.3) is 5.91 Å². The maximum atomic E-state index is 12.4. The largest absolute Gasteiger partial charge is 0.494 e. The van der Waals surface area contributed by atoms with E-state index in [4.69, 9.17) is 4.74 Å². The van der Waals surface area contributed by atoms with Crippen LogP contribution in [0.4, 0.5) is 0 Å². The summed E-state index contributed by atoms with van der Waals surface area (Å²) in [5.74, 6) is 0.260. The number of carbonyl (C=O) groups excluding carboxylic acids is 1. The molecule has 1 aromatic carbocycles. The van der Waals surface area contributed by atoms with Crippen LogP contribution in [-0.4, -0.2) is 23.0 Å². The van der Waals surface area contributed by atoms with E-state index in [1.54, 1.807) is 12.3 Å². The molecule has 0 radical (unpaired) electrons. The van der Waals surface area contributed by atoms with E-state index in [1.165, 1.54) is 18.4 Å². The molecular weight excluding hydrogens is 322 g/mol. The minimum atomic E-state index is -0.200. The zero-order chi connectivity index (χ0) is 16.9. The molecule has 0 aliphatic rings. The van der Waals surface area contributed by atoms with Crippen molar-refractivity contribution in [3.63, 3.8) is 0 Å². The molecular formula is C18H17N3O2S. The molecule has 0 bridgehead atoms. The number of carbonyl (C=O) groups is 1. The van der Waals surface area contributed by atoms with Crippen molar-refractivity contribution >= 4 is 17.2 Å². The lowest BCUT2D eigenvalue weighted by atomic mass is 10.2. The average Bonchev–Trinajstić information content (AvgIpc) is 3.09. The van der Waals surface area contributed by atoms with Gasteiger partial charge in [-0.2, -0.15) is 0 Å². The van der Waals surface area contributed by atoms with Crippen molar-refractivity contribution in [3.8, 4) is 17.0 Å². The molecule has 0 unspecified atom stereocenters. The summed E-state index contributed by atoms with van der Waals surface area (Å²) in [5, 5.41) is 5.73. The van der Waals surface area contributed by atoms with E-state index in [9.17, 15) is 4.79 Å². The SMILES string of the molecule is COc1cnc(C)cc1C(=O)NCc1nc(-c2ccccc2)cs1. The predicted molar refractivity (Wildman–Crippen MR) is 94.2 cm³/mol. The Morgan fingerprint density at radius 3 is 2.83 bits per heavy atom. The molecule has 0 fully saturated rings. The van der Waals surface area contributed by atoms with Crippen molar-refractivity contribution < 1.29 is 9.53 Å². The van der Waals surface area contributed by atoms with Crippen LogP contribution in [0.1, 0.15) is 21.1 Å². The van der Waals surface area contributed by atoms with Gasteiger partial charge in [0, 0.05) is 16.6 Å². The fourth-order valence-electron chi connectivity index (χ4n) is 2.27. The van der Waals surface area contributed by atoms with Crippen LogP contribution in [0.5, 0.6) is 5.75 Å². The van der Waals surface area contributed by atoms with Gasteiger partial charge in [-0.3, -0.25) is 9.78 Å². The van der Waals surface area contributed by atoms with E-state index in [1.807, 2.05) is 42.6 Å². The molecule has 0 spiro atoms. The Balaban J connectivity index is 1.69. The molecule has 122 valence electrons. The number of pyridine rings is 1. The van der Waals surface area contributed by atoms with Crippen LogP contribution in [0, 0.1) is 6.92 Å². The number of thiazole rings is 1. The zero-order valence-electron chi connectivity index (χ0n) is 13.4. The number of amides is 1. The first kappa shape index (κ1) is 16.1. The van der Waals surface area contributed by atoms with Crippen molar-refractivity contribution in [1.82, 2.24) is 15.3 Å². The minimum Gasteiger partial charge on any atom is -0.494 e. The van der Waals surface area contributed by atoms with Gasteiger partial charge in [0.05, 0.1) is 31.1 Å². The standard InChI is InChI=1S/C18H17N3O2S/c1-12-8-14(16(23-2)9-19-12)18(22)20-10-17-21-15(11-24-17)13-6-4-3-5-7-13/h3-9,11H,10H2,1-2H3,(H,20,22). The Bertz CT molecular complexity index is 846. The monoisotopic (exact) mass is 339 g/mol. The van der Waals surface area contributed by atoms with Gasteiger partial charge in [-0.05, 0) is 13.0 Å². The van der Waals surface area contributed by atoms with Crippen molar-refractivity contribution in [1.29, 1.82) is 0 Å². The molecule has 24 heavy (non-hydrogen) atoms. The molecule has 2 heterocycles. The second-order valence-corrected chi connectivity index (χ2v) is 6.14. The molecule has 0 saturated heterocycles. The highest BCUT2D eigenvalue weighted by atomic mass is 32.1. The summed E-state index contributed by atoms with van der Waals surface area (Å²) in [6.45, 7) is 2.21. The quantitative estimate of drug-likeness (QED) is 0.773. The smallest absolute Gasteiger partial charge is 0.255 e. The summed E-state index contributed by atoms with van der Waals surface area (Å²) in [7, 11) is 1.52. The first-order chi connectivity index (χ1) is 11.7. The van der Waals surface area contributed by atoms with E-state index >= 15 is 0 Å². The van der Waals surface area contributed by atoms with Crippen molar-refractivity contribution in [2.24, 2.45) is 0 Å². The number of hydrogen-bond acceptors (Lipinski definition) is 5. The Hall–Kier alpha value is -2.73. The van der Waals surface area contributed by atoms with Gasteiger partial charge in [-0.1, -0.05) is 30.3 Å². The number of nitrogens with zero attached hydrogens (tertiary/aromatic N) is 2. The summed E-state index contributed by atoms with van der Waals surface area (Å²) >= 11 is 1.53. The third-order valence-electron chi connectivity index (χ3n) is 3.49. The Kier molecular flexibility index (Phi) is 4.86. The lowest BCUT2D eigenvalue weighted by Crippen LogP contribution is -2.23. The molecule has 1 amide bonds. The fourth-order valence-corrected chi connectivity index (χ4v) is 3.02. The van der Waals surface area contributed by atoms with Gasteiger partial charge < -0.3 is 10.1 Å². The van der Waals surface area contributed by atoms with Gasteiger partial charge >= 0.3 is 0 Å². The molecule has 6 heteroatoms. The highest BCUT2D eigenvalue weighted by molar-refractivity contribution is 7.09. The number of rotatable bonds is 5. The van der Waals surface area contributed by atoms with Crippen molar-refractivity contribution in [2.75, 3.05) is 7.11 Å². The number of aromatic nitrogens is 2. The van der Waals surface area contributed by atoms with Gasteiger partial charge in [0.1, 0.15) is 10.8 Å². The number of benzene rings is 1. The van der Waals surface area contributed by atoms with Crippen LogP contribution in [0.2, 0.25) is 0 Å². The molecule has 0 saturated carbocycles. The lowest BCUT2D eigenvalue weighted by Gasteiger charge is -2.08. The number of nitrogens with one attached hydrogen (secondary N) is 1. The van der Waals surface area contributed by atoms with Crippen molar-refractivity contribution in [2.45, 2.75) is 13.5 Å². The molecule has 0 aliphatic carbocycles. The second kappa shape index (κ2) is 7.23. The number of ether oxygens (including phenoxy) is 1. The zero-order valence-corrected chi connectivity index (χ0v) is 14.3. The first-order valence-electron chi connectivity index (χ1n) is 7.46. The number of methoxy groups -OCH3 is 1. The molecule has 3 aromatic rings. The van der Waals surface area contributed by atoms with Gasteiger partial charge in [-0.15, -0.1) is 11.3 Å². The van der Waals surface area contributed by atoms with Crippen LogP contribution in [0.3, 0.4) is 0 Å². The highest BCUT2D eigenvalue weighted by Crippen LogP contribution is 2.22. The fraction of sp³-hybridized carbons (Fsp3) is 0.167. The maximum absolute atomic E-state index is 12.4. The molecule has 2 aromatic heterocycles. The predicted octanol–water partition coefficient (Wildman–Crippen LogP) is 3.45. The van der Waals surface area contributed by atoms with Crippen LogP contribution in [0.25, 0.3) is 11.3 Å². The van der Waals surface area contributed by atoms with E-state index in [2.05, 4.69) is 15.3 Å². The third-order valence-corrected chi connectivity index (χ3v) is 4.34. The van der Waals surface area contributed by atoms with Gasteiger partial charge in [0.2, 0.25) is 0 Å². The molecule has 5 nitrogen and oxygen atoms in total. The van der Waals surface area contributed by atoms with Crippen LogP contribution in [-0.2, 0) is 6.54 Å². The number of aryl methyl sites for hydroxylation is 1. The Morgan fingerprint density at radius 2 is 2.08 bits per heavy atom. The molecule has 3 rings (SSSR count).